The average Bonchev–Trinajstić information content (AvgIpc) is 2.90. The Hall–Kier alpha value is -1.25. The predicted octanol–water partition coefficient (Wildman–Crippen LogP) is 1.06. The highest BCUT2D eigenvalue weighted by Crippen LogP contribution is 2.39. The maximum absolute atomic E-state index is 8.36. The normalized spacial score (nSPS) is 14.2. The van der Waals surface area contributed by atoms with Crippen LogP contribution in [-0.4, -0.2) is 19.4 Å². The van der Waals surface area contributed by atoms with Gasteiger partial charge in [0.1, 0.15) is 7.85 Å². The number of carbonyl (C=O) groups is 1. The minimum atomic E-state index is -0.250. The summed E-state index contributed by atoms with van der Waals surface area (Å²) in [5.41, 5.74) is 2.32. The summed E-state index contributed by atoms with van der Waals surface area (Å²) in [6, 6.07) is 8.22. The molecule has 2 radical (unpaired) electrons. The van der Waals surface area contributed by atoms with Gasteiger partial charge in [-0.2, -0.15) is 0 Å². The zero-order valence-electron chi connectivity index (χ0n) is 7.31. The zero-order valence-corrected chi connectivity index (χ0v) is 7.31. The number of rotatable bonds is 1. The summed E-state index contributed by atoms with van der Waals surface area (Å²) < 4.78 is 0. The molecule has 1 fully saturated rings. The number of hydrogen-bond donors (Lipinski definition) is 1. The van der Waals surface area contributed by atoms with E-state index in [1.807, 2.05) is 12.1 Å². The number of benzene rings is 1. The zero-order chi connectivity index (χ0) is 9.68. The van der Waals surface area contributed by atoms with Gasteiger partial charge in [0.15, 0.2) is 0 Å². The van der Waals surface area contributed by atoms with Crippen LogP contribution in [0.5, 0.6) is 0 Å². The Morgan fingerprint density at radius 3 is 2.15 bits per heavy atom. The summed E-state index contributed by atoms with van der Waals surface area (Å²) in [7, 11) is 5.55. The minimum Gasteiger partial charge on any atom is -0.483 e. The fourth-order valence-electron chi connectivity index (χ4n) is 1.18. The van der Waals surface area contributed by atoms with Crippen molar-refractivity contribution in [1.82, 2.24) is 0 Å². The third-order valence-electron chi connectivity index (χ3n) is 1.99. The molecule has 0 aromatic heterocycles. The highest BCUT2D eigenvalue weighted by molar-refractivity contribution is 6.32. The van der Waals surface area contributed by atoms with Crippen LogP contribution in [0.4, 0.5) is 0 Å². The summed E-state index contributed by atoms with van der Waals surface area (Å²) in [6.07, 6.45) is 2.73. The van der Waals surface area contributed by atoms with Crippen molar-refractivity contribution >= 4 is 19.8 Å². The fraction of sp³-hybridized carbons (Fsp3) is 0.300. The summed E-state index contributed by atoms with van der Waals surface area (Å²) in [5.74, 6) is 0.848. The van der Waals surface area contributed by atoms with E-state index >= 15 is 0 Å². The molecule has 0 saturated heterocycles. The van der Waals surface area contributed by atoms with Crippen molar-refractivity contribution in [3.63, 3.8) is 0 Å². The lowest BCUT2D eigenvalue weighted by molar-refractivity contribution is -0.122. The lowest BCUT2D eigenvalue weighted by Crippen LogP contribution is -1.99. The average molecular weight is 174 g/mol. The molecule has 0 spiro atoms. The molecule has 2 rings (SSSR count). The third-order valence-corrected chi connectivity index (χ3v) is 1.99. The van der Waals surface area contributed by atoms with E-state index in [1.165, 1.54) is 18.4 Å². The van der Waals surface area contributed by atoms with Crippen molar-refractivity contribution < 1.29 is 9.90 Å². The quantitative estimate of drug-likeness (QED) is 0.510. The molecule has 0 amide bonds. The SMILES string of the molecule is O=CO.[B]c1ccc(C2CC2)cc1. The smallest absolute Gasteiger partial charge is 0.290 e. The van der Waals surface area contributed by atoms with E-state index in [0.717, 1.165) is 11.4 Å². The first-order valence-electron chi connectivity index (χ1n) is 4.21. The molecule has 1 aromatic carbocycles. The van der Waals surface area contributed by atoms with Gasteiger partial charge in [0.25, 0.3) is 6.47 Å². The minimum absolute atomic E-state index is 0.250. The number of carboxylic acid groups (broad SMARTS) is 1. The van der Waals surface area contributed by atoms with Gasteiger partial charge in [-0.1, -0.05) is 29.7 Å². The van der Waals surface area contributed by atoms with Crippen molar-refractivity contribution in [2.24, 2.45) is 0 Å². The molecule has 2 nitrogen and oxygen atoms in total. The summed E-state index contributed by atoms with van der Waals surface area (Å²) in [6.45, 7) is -0.250. The van der Waals surface area contributed by atoms with Gasteiger partial charge in [0.2, 0.25) is 0 Å². The second-order valence-electron chi connectivity index (χ2n) is 3.05. The molecule has 1 aliphatic rings. The number of hydrogen-bond acceptors (Lipinski definition) is 1. The van der Waals surface area contributed by atoms with Crippen molar-refractivity contribution in [2.75, 3.05) is 0 Å². The van der Waals surface area contributed by atoms with Crippen LogP contribution in [0, 0.1) is 0 Å². The van der Waals surface area contributed by atoms with E-state index in [1.54, 1.807) is 0 Å². The van der Waals surface area contributed by atoms with Gasteiger partial charge in [0, 0.05) is 0 Å². The first-order valence-corrected chi connectivity index (χ1v) is 4.21. The molecule has 1 aliphatic carbocycles. The molecule has 0 aliphatic heterocycles. The van der Waals surface area contributed by atoms with Crippen LogP contribution < -0.4 is 5.46 Å². The molecule has 1 saturated carbocycles. The highest BCUT2D eigenvalue weighted by Gasteiger charge is 2.22. The maximum Gasteiger partial charge on any atom is 0.290 e. The van der Waals surface area contributed by atoms with Gasteiger partial charge in [0.05, 0.1) is 0 Å². The monoisotopic (exact) mass is 174 g/mol. The van der Waals surface area contributed by atoms with Gasteiger partial charge in [-0.25, -0.2) is 0 Å². The summed E-state index contributed by atoms with van der Waals surface area (Å²) in [4.78, 5) is 8.36. The van der Waals surface area contributed by atoms with Crippen molar-refractivity contribution in [1.29, 1.82) is 0 Å². The summed E-state index contributed by atoms with van der Waals surface area (Å²) in [5, 5.41) is 6.89. The van der Waals surface area contributed by atoms with Crippen LogP contribution in [0.2, 0.25) is 0 Å². The third kappa shape index (κ3) is 3.32. The van der Waals surface area contributed by atoms with Crippen molar-refractivity contribution in [2.45, 2.75) is 18.8 Å². The van der Waals surface area contributed by atoms with Gasteiger partial charge >= 0.3 is 0 Å². The molecule has 1 N–H and O–H groups in total. The predicted molar refractivity (Wildman–Crippen MR) is 52.5 cm³/mol. The Balaban J connectivity index is 0.000000251. The van der Waals surface area contributed by atoms with Crippen molar-refractivity contribution in [3.05, 3.63) is 29.8 Å². The van der Waals surface area contributed by atoms with Gasteiger partial charge in [-0.05, 0) is 24.3 Å². The molecule has 13 heavy (non-hydrogen) atoms. The first kappa shape index (κ1) is 9.84. The Morgan fingerprint density at radius 1 is 1.31 bits per heavy atom. The van der Waals surface area contributed by atoms with Crippen LogP contribution in [0.15, 0.2) is 24.3 Å². The second kappa shape index (κ2) is 4.70. The Bertz CT molecular complexity index is 265. The van der Waals surface area contributed by atoms with Crippen LogP contribution in [0.1, 0.15) is 24.3 Å². The summed E-state index contributed by atoms with van der Waals surface area (Å²) >= 11 is 0. The molecule has 0 unspecified atom stereocenters. The van der Waals surface area contributed by atoms with E-state index in [-0.39, 0.29) is 6.47 Å². The Morgan fingerprint density at radius 2 is 1.77 bits per heavy atom. The molecule has 0 atom stereocenters. The van der Waals surface area contributed by atoms with Crippen molar-refractivity contribution in [3.8, 4) is 0 Å². The van der Waals surface area contributed by atoms with Crippen LogP contribution >= 0.6 is 0 Å². The van der Waals surface area contributed by atoms with Crippen LogP contribution in [0.3, 0.4) is 0 Å². The fourth-order valence-corrected chi connectivity index (χ4v) is 1.18. The molecule has 1 aromatic rings. The van der Waals surface area contributed by atoms with Crippen LogP contribution in [0.25, 0.3) is 0 Å². The van der Waals surface area contributed by atoms with E-state index in [0.29, 0.717) is 0 Å². The van der Waals surface area contributed by atoms with Gasteiger partial charge in [-0.15, -0.1) is 0 Å². The molecule has 3 heteroatoms. The van der Waals surface area contributed by atoms with Crippen LogP contribution in [-0.2, 0) is 4.79 Å². The molecular weight excluding hydrogens is 163 g/mol. The molecule has 0 heterocycles. The van der Waals surface area contributed by atoms with E-state index in [4.69, 9.17) is 17.7 Å². The maximum atomic E-state index is 8.36. The first-order chi connectivity index (χ1) is 6.27. The van der Waals surface area contributed by atoms with E-state index < -0.39 is 0 Å². The standard InChI is InChI=1S/C9H9B.CH2O2/c10-9-5-3-8(4-6-9)7-1-2-7;2-1-3/h3-7H,1-2H2;1H,(H,2,3). The second-order valence-corrected chi connectivity index (χ2v) is 3.05. The van der Waals surface area contributed by atoms with E-state index in [9.17, 15) is 0 Å². The van der Waals surface area contributed by atoms with Gasteiger partial charge < -0.3 is 5.11 Å². The molecular formula is C10H11BO2. The molecule has 66 valence electrons. The molecule has 0 bridgehead atoms. The van der Waals surface area contributed by atoms with Gasteiger partial charge in [-0.3, -0.25) is 4.79 Å². The lowest BCUT2D eigenvalue weighted by Gasteiger charge is -1.96. The Labute approximate surface area is 79.0 Å². The largest absolute Gasteiger partial charge is 0.483 e. The Kier molecular flexibility index (Phi) is 3.56. The highest BCUT2D eigenvalue weighted by atomic mass is 16.3. The van der Waals surface area contributed by atoms with E-state index in [2.05, 4.69) is 12.1 Å². The lowest BCUT2D eigenvalue weighted by atomic mass is 9.94. The topological polar surface area (TPSA) is 37.3 Å².